The van der Waals surface area contributed by atoms with Crippen molar-refractivity contribution in [3.05, 3.63) is 0 Å². The van der Waals surface area contributed by atoms with Gasteiger partial charge in [0.2, 0.25) is 0 Å². The summed E-state index contributed by atoms with van der Waals surface area (Å²) in [6, 6.07) is 0. The summed E-state index contributed by atoms with van der Waals surface area (Å²) >= 11 is 4.37. The Balaban J connectivity index is 2.85. The second kappa shape index (κ2) is 4.56. The third-order valence-electron chi connectivity index (χ3n) is 0.256. The largest absolute Gasteiger partial charge is 0.275 e. The maximum atomic E-state index is 4.37. The average Bonchev–Trinajstić information content (AvgIpc) is 1.61. The zero-order valence-corrected chi connectivity index (χ0v) is 4.33. The van der Waals surface area contributed by atoms with Crippen LogP contribution >= 0.6 is 12.2 Å². The Morgan fingerprint density at radius 2 is 2.50 bits per heavy atom. The molecule has 2 nitrogen and oxygen atoms in total. The number of nitrogens with zero attached hydrogens (tertiary/aromatic N) is 1. The van der Waals surface area contributed by atoms with E-state index in [-0.39, 0.29) is 0 Å². The Kier molecular flexibility index (Phi) is 4.23. The lowest BCUT2D eigenvalue weighted by Crippen LogP contribution is -1.96. The second-order valence-corrected chi connectivity index (χ2v) is 0.870. The van der Waals surface area contributed by atoms with Gasteiger partial charge >= 0.3 is 0 Å². The highest BCUT2D eigenvalue weighted by molar-refractivity contribution is 7.78. The van der Waals surface area contributed by atoms with Crippen molar-refractivity contribution in [1.29, 1.82) is 0 Å². The monoisotopic (exact) mass is 102 g/mol. The molecule has 1 N–H and O–H groups in total. The van der Waals surface area contributed by atoms with E-state index in [1.807, 2.05) is 6.92 Å². The fourth-order valence-electron chi connectivity index (χ4n) is 0.105. The van der Waals surface area contributed by atoms with Crippen LogP contribution in [-0.4, -0.2) is 11.7 Å². The fourth-order valence-corrected chi connectivity index (χ4v) is 0.166. The SMILES string of the molecule is C/C=N/NC=S. The van der Waals surface area contributed by atoms with Gasteiger partial charge in [-0.05, 0) is 6.92 Å². The van der Waals surface area contributed by atoms with Crippen LogP contribution in [0.25, 0.3) is 0 Å². The van der Waals surface area contributed by atoms with Crippen LogP contribution in [0, 0.1) is 0 Å². The Labute approximate surface area is 42.2 Å². The molecule has 0 aromatic heterocycles. The van der Waals surface area contributed by atoms with Crippen molar-refractivity contribution >= 4 is 23.9 Å². The highest BCUT2D eigenvalue weighted by Gasteiger charge is 1.52. The van der Waals surface area contributed by atoms with Crippen LogP contribution in [0.1, 0.15) is 6.92 Å². The number of hydrogen-bond acceptors (Lipinski definition) is 2. The van der Waals surface area contributed by atoms with E-state index >= 15 is 0 Å². The molecule has 34 valence electrons. The number of hydrazone groups is 1. The molecule has 0 heterocycles. The molecule has 0 bridgehead atoms. The number of nitrogens with one attached hydrogen (secondary N) is 1. The Morgan fingerprint density at radius 1 is 1.83 bits per heavy atom. The standard InChI is InChI=1S/C3H6N2S/c1-2-4-5-3-6/h2-3H,1H3,(H,5,6)/b4-2+. The van der Waals surface area contributed by atoms with Crippen LogP contribution in [0.2, 0.25) is 0 Å². The molecule has 0 aromatic rings. The minimum atomic E-state index is 1.35. The van der Waals surface area contributed by atoms with E-state index in [2.05, 4.69) is 22.7 Å². The van der Waals surface area contributed by atoms with E-state index in [0.29, 0.717) is 0 Å². The van der Waals surface area contributed by atoms with Gasteiger partial charge in [0, 0.05) is 6.21 Å². The van der Waals surface area contributed by atoms with Gasteiger partial charge in [-0.15, -0.1) is 0 Å². The van der Waals surface area contributed by atoms with Crippen LogP contribution in [-0.2, 0) is 0 Å². The first-order chi connectivity index (χ1) is 2.91. The maximum absolute atomic E-state index is 4.37. The van der Waals surface area contributed by atoms with Gasteiger partial charge in [0.1, 0.15) is 0 Å². The quantitative estimate of drug-likeness (QED) is 0.312. The molecule has 0 rings (SSSR count). The Bertz CT molecular complexity index is 59.8. The summed E-state index contributed by atoms with van der Waals surface area (Å²) in [5.41, 5.74) is 3.80. The van der Waals surface area contributed by atoms with E-state index in [1.54, 1.807) is 6.21 Å². The highest BCUT2D eigenvalue weighted by atomic mass is 32.1. The van der Waals surface area contributed by atoms with Crippen LogP contribution < -0.4 is 5.43 Å². The first-order valence-corrected chi connectivity index (χ1v) is 2.05. The van der Waals surface area contributed by atoms with Crippen LogP contribution in [0.15, 0.2) is 5.10 Å². The third-order valence-corrected chi connectivity index (χ3v) is 0.362. The normalized spacial score (nSPS) is 8.83. The second-order valence-electron chi connectivity index (χ2n) is 0.634. The molecule has 0 amide bonds. The molecule has 3 heteroatoms. The Hall–Kier alpha value is -0.440. The molecular weight excluding hydrogens is 96.1 g/mol. The molecule has 0 saturated carbocycles. The van der Waals surface area contributed by atoms with Crippen molar-refractivity contribution in [2.45, 2.75) is 6.92 Å². The van der Waals surface area contributed by atoms with Crippen molar-refractivity contribution in [1.82, 2.24) is 5.43 Å². The molecule has 0 spiro atoms. The Morgan fingerprint density at radius 3 is 2.67 bits per heavy atom. The molecule has 0 aliphatic carbocycles. The van der Waals surface area contributed by atoms with Crippen LogP contribution in [0.5, 0.6) is 0 Å². The molecule has 0 aliphatic heterocycles. The predicted octanol–water partition coefficient (Wildman–Crippen LogP) is 0.539. The molecule has 6 heavy (non-hydrogen) atoms. The first-order valence-electron chi connectivity index (χ1n) is 1.58. The van der Waals surface area contributed by atoms with E-state index in [1.165, 1.54) is 5.49 Å². The summed E-state index contributed by atoms with van der Waals surface area (Å²) in [6.45, 7) is 1.81. The van der Waals surface area contributed by atoms with Gasteiger partial charge in [-0.25, -0.2) is 0 Å². The van der Waals surface area contributed by atoms with Gasteiger partial charge in [0.05, 0.1) is 5.49 Å². The average molecular weight is 102 g/mol. The van der Waals surface area contributed by atoms with Crippen molar-refractivity contribution in [3.8, 4) is 0 Å². The lowest BCUT2D eigenvalue weighted by molar-refractivity contribution is 1.08. The molecule has 0 aromatic carbocycles. The van der Waals surface area contributed by atoms with Gasteiger partial charge in [-0.1, -0.05) is 12.2 Å². The van der Waals surface area contributed by atoms with E-state index in [4.69, 9.17) is 0 Å². The van der Waals surface area contributed by atoms with Crippen molar-refractivity contribution < 1.29 is 0 Å². The van der Waals surface area contributed by atoms with Crippen molar-refractivity contribution in [2.24, 2.45) is 5.10 Å². The molecular formula is C3H6N2S. The number of rotatable bonds is 2. The topological polar surface area (TPSA) is 24.4 Å². The van der Waals surface area contributed by atoms with Gasteiger partial charge in [-0.3, -0.25) is 5.43 Å². The fraction of sp³-hybridized carbons (Fsp3) is 0.333. The third kappa shape index (κ3) is 3.56. The lowest BCUT2D eigenvalue weighted by atomic mass is 10.9. The van der Waals surface area contributed by atoms with Crippen molar-refractivity contribution in [2.75, 3.05) is 0 Å². The number of hydrogen-bond donors (Lipinski definition) is 1. The molecule has 0 radical (unpaired) electrons. The lowest BCUT2D eigenvalue weighted by Gasteiger charge is -1.77. The summed E-state index contributed by atoms with van der Waals surface area (Å²) in [7, 11) is 0. The molecule has 0 atom stereocenters. The highest BCUT2D eigenvalue weighted by Crippen LogP contribution is 1.47. The number of thiocarbonyl (C=S) groups is 1. The minimum absolute atomic E-state index is 1.35. The molecule has 0 fully saturated rings. The van der Waals surface area contributed by atoms with E-state index < -0.39 is 0 Å². The summed E-state index contributed by atoms with van der Waals surface area (Å²) in [4.78, 5) is 0. The van der Waals surface area contributed by atoms with Crippen LogP contribution in [0.3, 0.4) is 0 Å². The van der Waals surface area contributed by atoms with Gasteiger partial charge in [0.25, 0.3) is 0 Å². The summed E-state index contributed by atoms with van der Waals surface area (Å²) in [5.74, 6) is 0. The zero-order chi connectivity index (χ0) is 4.83. The smallest absolute Gasteiger partial charge is 0.0829 e. The van der Waals surface area contributed by atoms with E-state index in [9.17, 15) is 0 Å². The minimum Gasteiger partial charge on any atom is -0.275 e. The van der Waals surface area contributed by atoms with Gasteiger partial charge in [-0.2, -0.15) is 5.10 Å². The van der Waals surface area contributed by atoms with E-state index in [0.717, 1.165) is 0 Å². The molecule has 0 unspecified atom stereocenters. The zero-order valence-electron chi connectivity index (χ0n) is 3.51. The summed E-state index contributed by atoms with van der Waals surface area (Å²) in [6.07, 6.45) is 1.63. The predicted molar refractivity (Wildman–Crippen MR) is 31.0 cm³/mol. The van der Waals surface area contributed by atoms with Gasteiger partial charge < -0.3 is 0 Å². The first kappa shape index (κ1) is 5.56. The molecule has 0 saturated heterocycles. The van der Waals surface area contributed by atoms with Crippen LogP contribution in [0.4, 0.5) is 0 Å². The molecule has 0 aliphatic rings. The summed E-state index contributed by atoms with van der Waals surface area (Å²) < 4.78 is 0. The summed E-state index contributed by atoms with van der Waals surface area (Å²) in [5, 5.41) is 3.56. The van der Waals surface area contributed by atoms with Gasteiger partial charge in [0.15, 0.2) is 0 Å². The van der Waals surface area contributed by atoms with Crippen molar-refractivity contribution in [3.63, 3.8) is 0 Å². The maximum Gasteiger partial charge on any atom is 0.0829 e.